The van der Waals surface area contributed by atoms with Gasteiger partial charge in [0.05, 0.1) is 32.0 Å². The zero-order valence-corrected chi connectivity index (χ0v) is 38.8. The molecule has 0 aromatic carbocycles. The van der Waals surface area contributed by atoms with Crippen LogP contribution in [0.2, 0.25) is 0 Å². The fourth-order valence-electron chi connectivity index (χ4n) is 15.0. The van der Waals surface area contributed by atoms with Gasteiger partial charge in [-0.05, 0) is 103 Å². The van der Waals surface area contributed by atoms with Crippen molar-refractivity contribution in [1.82, 2.24) is 0 Å². The number of hydrogen-bond acceptors (Lipinski definition) is 17. The second-order valence-corrected chi connectivity index (χ2v) is 23.1. The fraction of sp³-hybridized carbons (Fsp3) is 0.936. The maximum atomic E-state index is 13.2. The van der Waals surface area contributed by atoms with E-state index in [9.17, 15) is 61.0 Å². The van der Waals surface area contributed by atoms with Crippen LogP contribution in [0.4, 0.5) is 0 Å². The lowest BCUT2D eigenvalue weighted by atomic mass is 9.33. The molecular formula is C47H76O18. The van der Waals surface area contributed by atoms with Crippen LogP contribution in [0.3, 0.4) is 0 Å². The number of aliphatic hydroxyl groups is 10. The molecular weight excluding hydrogens is 852 g/mol. The van der Waals surface area contributed by atoms with Crippen LogP contribution in [0.15, 0.2) is 11.6 Å². The first-order valence-electron chi connectivity index (χ1n) is 23.8. The van der Waals surface area contributed by atoms with Crippen molar-refractivity contribution in [2.75, 3.05) is 19.8 Å². The Kier molecular flexibility index (Phi) is 13.4. The van der Waals surface area contributed by atoms with Crippen LogP contribution in [0, 0.1) is 50.2 Å². The number of rotatable bonds is 9. The Labute approximate surface area is 380 Å². The molecule has 3 aliphatic heterocycles. The molecule has 8 aliphatic rings. The van der Waals surface area contributed by atoms with Crippen LogP contribution in [-0.2, 0) is 33.2 Å². The second-order valence-electron chi connectivity index (χ2n) is 23.1. The summed E-state index contributed by atoms with van der Waals surface area (Å²) >= 11 is 0. The summed E-state index contributed by atoms with van der Waals surface area (Å²) in [7, 11) is 0. The number of carbonyl (C=O) groups is 1. The largest absolute Gasteiger partial charge is 0.481 e. The molecule has 0 bridgehead atoms. The minimum absolute atomic E-state index is 0.0400. The van der Waals surface area contributed by atoms with Crippen molar-refractivity contribution < 1.29 is 89.4 Å². The molecule has 23 atom stereocenters. The molecule has 7 fully saturated rings. The van der Waals surface area contributed by atoms with Crippen molar-refractivity contribution in [1.29, 1.82) is 0 Å². The Hall–Kier alpha value is -1.43. The highest BCUT2D eigenvalue weighted by atomic mass is 16.8. The van der Waals surface area contributed by atoms with E-state index in [-0.39, 0.29) is 40.6 Å². The van der Waals surface area contributed by atoms with E-state index >= 15 is 0 Å². The van der Waals surface area contributed by atoms with E-state index in [1.165, 1.54) is 5.57 Å². The van der Waals surface area contributed by atoms with E-state index in [0.29, 0.717) is 19.3 Å². The summed E-state index contributed by atoms with van der Waals surface area (Å²) in [6.45, 7) is 14.0. The first-order chi connectivity index (χ1) is 30.3. The zero-order valence-electron chi connectivity index (χ0n) is 38.8. The molecule has 0 aromatic heterocycles. The summed E-state index contributed by atoms with van der Waals surface area (Å²) in [6, 6.07) is 0. The number of hydrogen-bond donors (Lipinski definition) is 11. The van der Waals surface area contributed by atoms with Crippen molar-refractivity contribution in [3.8, 4) is 0 Å². The summed E-state index contributed by atoms with van der Waals surface area (Å²) in [4.78, 5) is 13.2. The average molecular weight is 929 g/mol. The molecule has 23 unspecified atom stereocenters. The standard InChI is InChI=1S/C47H76O18/c1-42(2)14-15-47(41(58)59)22(16-42)21-8-9-27-44(5)12-11-29(43(3,4)26(44)10-13-45(27,6)46(21,7)17-28(47)51)63-38-34(56)36(23(50)20-60-38)64-40-35(57)37(31(53)25(19-49)62-40)65-39-33(55)32(54)30(52)24(18-48)61-39/h8,22-40,48-57H,9-20H2,1-7H3,(H,58,59). The number of aliphatic hydroxyl groups excluding tert-OH is 10. The molecule has 0 aromatic rings. The van der Waals surface area contributed by atoms with E-state index in [2.05, 4.69) is 54.5 Å². The van der Waals surface area contributed by atoms with Gasteiger partial charge in [0.25, 0.3) is 0 Å². The Morgan fingerprint density at radius 2 is 1.29 bits per heavy atom. The van der Waals surface area contributed by atoms with Crippen LogP contribution < -0.4 is 0 Å². The summed E-state index contributed by atoms with van der Waals surface area (Å²) in [5, 5.41) is 119. The van der Waals surface area contributed by atoms with Crippen LogP contribution in [0.25, 0.3) is 0 Å². The molecule has 0 radical (unpaired) electrons. The van der Waals surface area contributed by atoms with E-state index in [0.717, 1.165) is 38.5 Å². The first kappa shape index (κ1) is 50.0. The van der Waals surface area contributed by atoms with Crippen LogP contribution in [0.5, 0.6) is 0 Å². The van der Waals surface area contributed by atoms with Gasteiger partial charge in [0, 0.05) is 0 Å². The topological polar surface area (TPSA) is 295 Å². The van der Waals surface area contributed by atoms with Gasteiger partial charge in [-0.3, -0.25) is 4.79 Å². The number of allylic oxidation sites excluding steroid dienone is 2. The van der Waals surface area contributed by atoms with Gasteiger partial charge in [-0.2, -0.15) is 0 Å². The maximum absolute atomic E-state index is 13.2. The molecule has 3 heterocycles. The van der Waals surface area contributed by atoms with Gasteiger partial charge in [-0.15, -0.1) is 0 Å². The van der Waals surface area contributed by atoms with Gasteiger partial charge >= 0.3 is 5.97 Å². The Balaban J connectivity index is 0.976. The normalized spacial score (nSPS) is 54.0. The SMILES string of the molecule is CC1(C)CCC2(C(=O)O)C(O)CC3(C)C(=CCC4C5(C)CCC(OC6OCC(O)C(OC7OC(CO)C(O)C(OC8OC(CO)C(O)C(O)C8O)C7O)C6O)C(C)(C)C5CCC43C)C2C1. The number of fused-ring (bicyclic) bond motifs is 7. The predicted molar refractivity (Wildman–Crippen MR) is 226 cm³/mol. The second kappa shape index (κ2) is 17.5. The third-order valence-corrected chi connectivity index (χ3v) is 19.0. The van der Waals surface area contributed by atoms with Crippen molar-refractivity contribution in [3.05, 3.63) is 11.6 Å². The smallest absolute Gasteiger partial charge is 0.312 e. The fourth-order valence-corrected chi connectivity index (χ4v) is 15.0. The molecule has 5 aliphatic carbocycles. The number of carboxylic acid groups (broad SMARTS) is 1. The molecule has 65 heavy (non-hydrogen) atoms. The minimum atomic E-state index is -1.88. The molecule has 18 heteroatoms. The van der Waals surface area contributed by atoms with Crippen LogP contribution >= 0.6 is 0 Å². The summed E-state index contributed by atoms with van der Waals surface area (Å²) < 4.78 is 35.4. The lowest BCUT2D eigenvalue weighted by Crippen LogP contribution is -2.68. The predicted octanol–water partition coefficient (Wildman–Crippen LogP) is 0.316. The van der Waals surface area contributed by atoms with Crippen molar-refractivity contribution in [3.63, 3.8) is 0 Å². The van der Waals surface area contributed by atoms with Gasteiger partial charge in [-0.1, -0.05) is 60.1 Å². The highest BCUT2D eigenvalue weighted by Gasteiger charge is 2.71. The van der Waals surface area contributed by atoms with E-state index in [1.807, 2.05) is 0 Å². The van der Waals surface area contributed by atoms with Crippen molar-refractivity contribution >= 4 is 5.97 Å². The third kappa shape index (κ3) is 7.71. The molecule has 0 amide bonds. The summed E-state index contributed by atoms with van der Waals surface area (Å²) in [6.07, 6.45) is -15.4. The number of ether oxygens (including phenoxy) is 6. The van der Waals surface area contributed by atoms with Crippen LogP contribution in [-0.4, -0.2) is 180 Å². The van der Waals surface area contributed by atoms with Gasteiger partial charge in [0.2, 0.25) is 0 Å². The lowest BCUT2D eigenvalue weighted by Gasteiger charge is -2.71. The van der Waals surface area contributed by atoms with E-state index < -0.39 is 134 Å². The highest BCUT2D eigenvalue weighted by Crippen LogP contribution is 2.76. The number of carboxylic acids is 1. The molecule has 11 N–H and O–H groups in total. The van der Waals surface area contributed by atoms with E-state index in [4.69, 9.17) is 28.4 Å². The van der Waals surface area contributed by atoms with Crippen molar-refractivity contribution in [2.45, 2.75) is 204 Å². The Morgan fingerprint density at radius 1 is 0.677 bits per heavy atom. The lowest BCUT2D eigenvalue weighted by molar-refractivity contribution is -0.379. The van der Waals surface area contributed by atoms with Crippen LogP contribution in [0.1, 0.15) is 106 Å². The molecule has 372 valence electrons. The molecule has 8 rings (SSSR count). The zero-order chi connectivity index (χ0) is 47.6. The average Bonchev–Trinajstić information content (AvgIpc) is 3.23. The monoisotopic (exact) mass is 929 g/mol. The maximum Gasteiger partial charge on any atom is 0.312 e. The third-order valence-electron chi connectivity index (χ3n) is 19.0. The Morgan fingerprint density at radius 3 is 1.94 bits per heavy atom. The quantitative estimate of drug-likeness (QED) is 0.110. The van der Waals surface area contributed by atoms with Gasteiger partial charge in [0.15, 0.2) is 18.9 Å². The molecule has 4 saturated carbocycles. The highest BCUT2D eigenvalue weighted by molar-refractivity contribution is 5.77. The minimum Gasteiger partial charge on any atom is -0.481 e. The molecule has 0 spiro atoms. The van der Waals surface area contributed by atoms with Gasteiger partial charge in [0.1, 0.15) is 72.6 Å². The Bertz CT molecular complexity index is 1780. The summed E-state index contributed by atoms with van der Waals surface area (Å²) in [5.41, 5.74) is -1.19. The van der Waals surface area contributed by atoms with Gasteiger partial charge in [-0.25, -0.2) is 0 Å². The molecule has 18 nitrogen and oxygen atoms in total. The van der Waals surface area contributed by atoms with Gasteiger partial charge < -0.3 is 84.6 Å². The van der Waals surface area contributed by atoms with E-state index in [1.54, 1.807) is 0 Å². The van der Waals surface area contributed by atoms with Crippen molar-refractivity contribution in [2.24, 2.45) is 50.2 Å². The molecule has 3 saturated heterocycles. The summed E-state index contributed by atoms with van der Waals surface area (Å²) in [5.74, 6) is -0.710. The number of aliphatic carboxylic acids is 1. The first-order valence-corrected chi connectivity index (χ1v) is 23.8.